The van der Waals surface area contributed by atoms with Crippen LogP contribution in [0.25, 0.3) is 0 Å². The van der Waals surface area contributed by atoms with Gasteiger partial charge >= 0.3 is 0 Å². The van der Waals surface area contributed by atoms with Gasteiger partial charge in [0.05, 0.1) is 0 Å². The molecular weight excluding hydrogens is 176 g/mol. The molecule has 1 saturated heterocycles. The molecule has 0 aromatic carbocycles. The second kappa shape index (κ2) is 4.78. The fourth-order valence-electron chi connectivity index (χ4n) is 1.56. The van der Waals surface area contributed by atoms with Crippen LogP contribution in [-0.2, 0) is 4.79 Å². The highest BCUT2D eigenvalue weighted by atomic mass is 16.2. The molecule has 1 fully saturated rings. The van der Waals surface area contributed by atoms with Crippen molar-refractivity contribution in [3.63, 3.8) is 0 Å². The molecule has 82 valence electrons. The number of carbonyl (C=O) groups excluding carboxylic acids is 1. The van der Waals surface area contributed by atoms with Crippen LogP contribution in [0.5, 0.6) is 0 Å². The lowest BCUT2D eigenvalue weighted by molar-refractivity contribution is -0.133. The second-order valence-electron chi connectivity index (χ2n) is 4.72. The van der Waals surface area contributed by atoms with Gasteiger partial charge in [-0.2, -0.15) is 0 Å². The third-order valence-corrected chi connectivity index (χ3v) is 3.30. The predicted octanol–water partition coefficient (Wildman–Crippen LogP) is 1.10. The third kappa shape index (κ3) is 2.71. The summed E-state index contributed by atoms with van der Waals surface area (Å²) in [6, 6.07) is 0.343. The highest BCUT2D eigenvalue weighted by Gasteiger charge is 2.24. The first kappa shape index (κ1) is 11.5. The molecule has 0 spiro atoms. The summed E-state index contributed by atoms with van der Waals surface area (Å²) in [5.41, 5.74) is 0. The van der Waals surface area contributed by atoms with Gasteiger partial charge in [-0.1, -0.05) is 13.8 Å². The van der Waals surface area contributed by atoms with E-state index in [2.05, 4.69) is 26.1 Å². The molecule has 0 bridgehead atoms. The minimum atomic E-state index is 0.290. The van der Waals surface area contributed by atoms with Gasteiger partial charge in [-0.25, -0.2) is 0 Å². The number of hydrogen-bond donors (Lipinski definition) is 1. The number of nitrogens with one attached hydrogen (secondary N) is 1. The van der Waals surface area contributed by atoms with E-state index in [4.69, 9.17) is 0 Å². The van der Waals surface area contributed by atoms with Crippen molar-refractivity contribution < 1.29 is 4.79 Å². The molecule has 3 heteroatoms. The van der Waals surface area contributed by atoms with Crippen molar-refractivity contribution in [3.8, 4) is 0 Å². The molecule has 1 aliphatic rings. The van der Waals surface area contributed by atoms with Crippen LogP contribution in [-0.4, -0.2) is 37.0 Å². The van der Waals surface area contributed by atoms with Gasteiger partial charge < -0.3 is 10.2 Å². The molecule has 1 atom stereocenters. The van der Waals surface area contributed by atoms with E-state index in [-0.39, 0.29) is 5.91 Å². The van der Waals surface area contributed by atoms with E-state index >= 15 is 0 Å². The van der Waals surface area contributed by atoms with Gasteiger partial charge in [0, 0.05) is 19.5 Å². The summed E-state index contributed by atoms with van der Waals surface area (Å²) in [5, 5.41) is 3.19. The van der Waals surface area contributed by atoms with Crippen molar-refractivity contribution in [3.05, 3.63) is 0 Å². The van der Waals surface area contributed by atoms with Crippen molar-refractivity contribution in [2.75, 3.05) is 20.1 Å². The van der Waals surface area contributed by atoms with Crippen LogP contribution < -0.4 is 5.32 Å². The Morgan fingerprint density at radius 3 is 2.36 bits per heavy atom. The molecule has 0 aromatic heterocycles. The minimum Gasteiger partial charge on any atom is -0.343 e. The first-order valence-corrected chi connectivity index (χ1v) is 5.48. The van der Waals surface area contributed by atoms with Gasteiger partial charge in [0.2, 0.25) is 5.91 Å². The van der Waals surface area contributed by atoms with E-state index in [1.165, 1.54) is 0 Å². The van der Waals surface area contributed by atoms with E-state index < -0.39 is 0 Å². The normalized spacial score (nSPS) is 19.2. The van der Waals surface area contributed by atoms with Crippen LogP contribution in [0.1, 0.15) is 27.2 Å². The average Bonchev–Trinajstić information content (AvgIpc) is 2.08. The molecule has 0 saturated carbocycles. The molecule has 1 rings (SSSR count). The quantitative estimate of drug-likeness (QED) is 0.733. The Morgan fingerprint density at radius 1 is 1.43 bits per heavy atom. The number of amides is 1. The van der Waals surface area contributed by atoms with E-state index in [0.717, 1.165) is 13.1 Å². The van der Waals surface area contributed by atoms with Crippen LogP contribution in [0, 0.1) is 11.8 Å². The summed E-state index contributed by atoms with van der Waals surface area (Å²) in [7, 11) is 1.92. The standard InChI is InChI=1S/C11H22N2O/c1-8(2)9(3)13(4)11(14)5-10-6-12-7-10/h8-10,12H,5-7H2,1-4H3. The largest absolute Gasteiger partial charge is 0.343 e. The molecule has 1 heterocycles. The maximum absolute atomic E-state index is 11.8. The van der Waals surface area contributed by atoms with Crippen LogP contribution in [0.15, 0.2) is 0 Å². The molecule has 0 aliphatic carbocycles. The lowest BCUT2D eigenvalue weighted by Crippen LogP contribution is -2.46. The van der Waals surface area contributed by atoms with Crippen LogP contribution in [0.2, 0.25) is 0 Å². The van der Waals surface area contributed by atoms with Gasteiger partial charge in [-0.15, -0.1) is 0 Å². The smallest absolute Gasteiger partial charge is 0.222 e. The SMILES string of the molecule is CC(C)C(C)N(C)C(=O)CC1CNC1. The van der Waals surface area contributed by atoms with Crippen molar-refractivity contribution in [2.24, 2.45) is 11.8 Å². The maximum Gasteiger partial charge on any atom is 0.222 e. The molecule has 1 amide bonds. The number of hydrogen-bond acceptors (Lipinski definition) is 2. The Bertz CT molecular complexity index is 199. The van der Waals surface area contributed by atoms with Crippen LogP contribution in [0.4, 0.5) is 0 Å². The molecule has 0 aromatic rings. The fraction of sp³-hybridized carbons (Fsp3) is 0.909. The zero-order valence-electron chi connectivity index (χ0n) is 9.71. The second-order valence-corrected chi connectivity index (χ2v) is 4.72. The molecule has 0 radical (unpaired) electrons. The summed E-state index contributed by atoms with van der Waals surface area (Å²) in [6.07, 6.45) is 0.709. The monoisotopic (exact) mass is 198 g/mol. The van der Waals surface area contributed by atoms with Gasteiger partial charge in [0.15, 0.2) is 0 Å². The molecule has 1 unspecified atom stereocenters. The van der Waals surface area contributed by atoms with Crippen molar-refractivity contribution in [2.45, 2.75) is 33.2 Å². The third-order valence-electron chi connectivity index (χ3n) is 3.30. The van der Waals surface area contributed by atoms with E-state index in [0.29, 0.717) is 24.3 Å². The maximum atomic E-state index is 11.8. The minimum absolute atomic E-state index is 0.290. The Hall–Kier alpha value is -0.570. The summed E-state index contributed by atoms with van der Waals surface area (Å²) in [5.74, 6) is 1.39. The molecule has 1 aliphatic heterocycles. The predicted molar refractivity (Wildman–Crippen MR) is 58.0 cm³/mol. The van der Waals surface area contributed by atoms with Gasteiger partial charge in [0.1, 0.15) is 0 Å². The molecule has 14 heavy (non-hydrogen) atoms. The molecular formula is C11H22N2O. The lowest BCUT2D eigenvalue weighted by Gasteiger charge is -2.32. The van der Waals surface area contributed by atoms with E-state index in [1.54, 1.807) is 0 Å². The Kier molecular flexibility index (Phi) is 3.93. The van der Waals surface area contributed by atoms with E-state index in [9.17, 15) is 4.79 Å². The Balaban J connectivity index is 2.34. The van der Waals surface area contributed by atoms with Crippen molar-refractivity contribution in [1.82, 2.24) is 10.2 Å². The Labute approximate surface area is 86.9 Å². The topological polar surface area (TPSA) is 32.3 Å². The number of rotatable bonds is 4. The van der Waals surface area contributed by atoms with Crippen LogP contribution in [0.3, 0.4) is 0 Å². The lowest BCUT2D eigenvalue weighted by atomic mass is 9.97. The van der Waals surface area contributed by atoms with Gasteiger partial charge in [-0.3, -0.25) is 4.79 Å². The summed E-state index contributed by atoms with van der Waals surface area (Å²) in [4.78, 5) is 13.7. The highest BCUT2D eigenvalue weighted by molar-refractivity contribution is 5.76. The zero-order valence-corrected chi connectivity index (χ0v) is 9.71. The first-order chi connectivity index (χ1) is 6.52. The summed E-state index contributed by atoms with van der Waals surface area (Å²) in [6.45, 7) is 8.44. The van der Waals surface area contributed by atoms with Crippen molar-refractivity contribution in [1.29, 1.82) is 0 Å². The number of nitrogens with zero attached hydrogens (tertiary/aromatic N) is 1. The van der Waals surface area contributed by atoms with Crippen molar-refractivity contribution >= 4 is 5.91 Å². The van der Waals surface area contributed by atoms with Gasteiger partial charge in [0.25, 0.3) is 0 Å². The summed E-state index contributed by atoms with van der Waals surface area (Å²) >= 11 is 0. The zero-order chi connectivity index (χ0) is 10.7. The van der Waals surface area contributed by atoms with E-state index in [1.807, 2.05) is 11.9 Å². The summed E-state index contributed by atoms with van der Waals surface area (Å²) < 4.78 is 0. The molecule has 1 N–H and O–H groups in total. The molecule has 3 nitrogen and oxygen atoms in total. The number of carbonyl (C=O) groups is 1. The van der Waals surface area contributed by atoms with Crippen LogP contribution >= 0.6 is 0 Å². The first-order valence-electron chi connectivity index (χ1n) is 5.48. The fourth-order valence-corrected chi connectivity index (χ4v) is 1.56. The van der Waals surface area contributed by atoms with Gasteiger partial charge in [-0.05, 0) is 31.8 Å². The Morgan fingerprint density at radius 2 is 2.00 bits per heavy atom. The average molecular weight is 198 g/mol. The highest BCUT2D eigenvalue weighted by Crippen LogP contribution is 2.14.